The number of methoxy groups -OCH3 is 1. The van der Waals surface area contributed by atoms with Crippen molar-refractivity contribution in [1.29, 1.82) is 0 Å². The van der Waals surface area contributed by atoms with E-state index in [1.165, 1.54) is 0 Å². The number of para-hydroxylation sites is 2. The Labute approximate surface area is 233 Å². The van der Waals surface area contributed by atoms with Crippen LogP contribution in [0, 0.1) is 6.92 Å². The van der Waals surface area contributed by atoms with Gasteiger partial charge in [-0.05, 0) is 41.8 Å². The molecule has 202 valence electrons. The number of carbonyl (C=O) groups is 2. The molecule has 0 aliphatic rings. The molecule has 0 spiro atoms. The first-order chi connectivity index (χ1) is 19.5. The van der Waals surface area contributed by atoms with Gasteiger partial charge in [0.05, 0.1) is 19.2 Å². The van der Waals surface area contributed by atoms with Gasteiger partial charge in [0.2, 0.25) is 11.8 Å². The number of carbonyl (C=O) groups excluding carboxylic acids is 2. The summed E-state index contributed by atoms with van der Waals surface area (Å²) in [5.74, 6) is 0.0919. The van der Waals surface area contributed by atoms with E-state index in [9.17, 15) is 9.59 Å². The first-order valence-corrected chi connectivity index (χ1v) is 13.1. The van der Waals surface area contributed by atoms with E-state index >= 15 is 0 Å². The second-order valence-corrected chi connectivity index (χ2v) is 9.53. The third kappa shape index (κ3) is 5.86. The number of rotatable bonds is 10. The molecule has 0 bridgehead atoms. The molecule has 0 aliphatic heterocycles. The Morgan fingerprint density at radius 2 is 1.60 bits per heavy atom. The van der Waals surface area contributed by atoms with E-state index in [1.807, 2.05) is 110 Å². The highest BCUT2D eigenvalue weighted by molar-refractivity contribution is 5.89. The number of ether oxygens (including phenoxy) is 1. The standard InChI is InChI=1S/C32H31N5O3/c1-23-12-6-8-16-26(23)31(32(39)33-20-24-13-4-3-5-14-24)36(21-25-15-7-11-19-29(25)40-2)30(38)22-37-28-18-10-9-17-27(28)34-35-37/h3-19,31H,20-22H2,1-2H3,(H,33,39). The number of benzene rings is 4. The van der Waals surface area contributed by atoms with E-state index in [4.69, 9.17) is 4.74 Å². The summed E-state index contributed by atoms with van der Waals surface area (Å²) in [6, 6.07) is 31.5. The van der Waals surface area contributed by atoms with Gasteiger partial charge in [-0.15, -0.1) is 5.10 Å². The van der Waals surface area contributed by atoms with Crippen LogP contribution in [0.25, 0.3) is 11.0 Å². The minimum Gasteiger partial charge on any atom is -0.496 e. The number of nitrogens with one attached hydrogen (secondary N) is 1. The molecule has 2 amide bonds. The Morgan fingerprint density at radius 3 is 2.40 bits per heavy atom. The van der Waals surface area contributed by atoms with E-state index < -0.39 is 6.04 Å². The van der Waals surface area contributed by atoms with Crippen molar-refractivity contribution in [2.45, 2.75) is 32.6 Å². The molecule has 0 fully saturated rings. The third-order valence-electron chi connectivity index (χ3n) is 6.91. The predicted molar refractivity (Wildman–Crippen MR) is 153 cm³/mol. The highest BCUT2D eigenvalue weighted by atomic mass is 16.5. The van der Waals surface area contributed by atoms with Gasteiger partial charge in [-0.25, -0.2) is 4.68 Å². The summed E-state index contributed by atoms with van der Waals surface area (Å²) >= 11 is 0. The molecule has 5 aromatic rings. The molecule has 1 N–H and O–H groups in total. The minimum atomic E-state index is -0.892. The third-order valence-corrected chi connectivity index (χ3v) is 6.91. The maximum atomic E-state index is 14.2. The van der Waals surface area contributed by atoms with Crippen LogP contribution in [0.3, 0.4) is 0 Å². The number of aryl methyl sites for hydroxylation is 1. The molecule has 1 atom stereocenters. The van der Waals surface area contributed by atoms with E-state index in [2.05, 4.69) is 15.6 Å². The molecule has 0 radical (unpaired) electrons. The Hall–Kier alpha value is -4.98. The maximum Gasteiger partial charge on any atom is 0.247 e. The van der Waals surface area contributed by atoms with Gasteiger partial charge < -0.3 is 15.0 Å². The lowest BCUT2D eigenvalue weighted by Crippen LogP contribution is -2.44. The van der Waals surface area contributed by atoms with E-state index in [0.717, 1.165) is 27.8 Å². The van der Waals surface area contributed by atoms with Crippen molar-refractivity contribution < 1.29 is 14.3 Å². The van der Waals surface area contributed by atoms with Gasteiger partial charge in [0.15, 0.2) is 0 Å². The fourth-order valence-corrected chi connectivity index (χ4v) is 4.82. The van der Waals surface area contributed by atoms with Crippen LogP contribution in [0.1, 0.15) is 28.3 Å². The summed E-state index contributed by atoms with van der Waals surface area (Å²) < 4.78 is 7.17. The monoisotopic (exact) mass is 533 g/mol. The van der Waals surface area contributed by atoms with E-state index in [0.29, 0.717) is 17.8 Å². The maximum absolute atomic E-state index is 14.2. The Balaban J connectivity index is 1.55. The summed E-state index contributed by atoms with van der Waals surface area (Å²) in [4.78, 5) is 29.8. The molecule has 1 heterocycles. The smallest absolute Gasteiger partial charge is 0.247 e. The van der Waals surface area contributed by atoms with Crippen LogP contribution < -0.4 is 10.1 Å². The van der Waals surface area contributed by atoms with Crippen molar-refractivity contribution in [3.8, 4) is 5.75 Å². The second kappa shape index (κ2) is 12.3. The SMILES string of the molecule is COc1ccccc1CN(C(=O)Cn1nnc2ccccc21)C(C(=O)NCc1ccccc1)c1ccccc1C. The number of fused-ring (bicyclic) bond motifs is 1. The van der Waals surface area contributed by atoms with Gasteiger partial charge in [-0.3, -0.25) is 9.59 Å². The topological polar surface area (TPSA) is 89.3 Å². The fraction of sp³-hybridized carbons (Fsp3) is 0.188. The molecule has 0 aliphatic carbocycles. The summed E-state index contributed by atoms with van der Waals surface area (Å²) in [5, 5.41) is 11.5. The molecule has 0 saturated heterocycles. The zero-order valence-corrected chi connectivity index (χ0v) is 22.5. The van der Waals surface area contributed by atoms with Gasteiger partial charge in [0, 0.05) is 12.1 Å². The van der Waals surface area contributed by atoms with Crippen LogP contribution in [0.15, 0.2) is 103 Å². The van der Waals surface area contributed by atoms with Crippen molar-refractivity contribution in [2.24, 2.45) is 0 Å². The molecule has 8 heteroatoms. The van der Waals surface area contributed by atoms with Crippen LogP contribution >= 0.6 is 0 Å². The predicted octanol–water partition coefficient (Wildman–Crippen LogP) is 4.83. The van der Waals surface area contributed by atoms with Crippen LogP contribution in [0.5, 0.6) is 5.75 Å². The van der Waals surface area contributed by atoms with Crippen molar-refractivity contribution in [2.75, 3.05) is 7.11 Å². The molecule has 8 nitrogen and oxygen atoms in total. The summed E-state index contributed by atoms with van der Waals surface area (Å²) in [7, 11) is 1.60. The molecular formula is C32H31N5O3. The summed E-state index contributed by atoms with van der Waals surface area (Å²) in [5.41, 5.74) is 4.86. The molecule has 1 unspecified atom stereocenters. The van der Waals surface area contributed by atoms with Crippen molar-refractivity contribution in [3.63, 3.8) is 0 Å². The summed E-state index contributed by atoms with van der Waals surface area (Å²) in [6.07, 6.45) is 0. The number of amides is 2. The normalized spacial score (nSPS) is 11.7. The molecule has 1 aromatic heterocycles. The van der Waals surface area contributed by atoms with Crippen LogP contribution in [-0.4, -0.2) is 38.8 Å². The zero-order chi connectivity index (χ0) is 27.9. The van der Waals surface area contributed by atoms with E-state index in [1.54, 1.807) is 16.7 Å². The number of nitrogens with zero attached hydrogens (tertiary/aromatic N) is 4. The lowest BCUT2D eigenvalue weighted by Gasteiger charge is -2.33. The zero-order valence-electron chi connectivity index (χ0n) is 22.5. The van der Waals surface area contributed by atoms with Gasteiger partial charge in [0.1, 0.15) is 23.9 Å². The minimum absolute atomic E-state index is 0.0794. The lowest BCUT2D eigenvalue weighted by atomic mass is 9.98. The molecule has 4 aromatic carbocycles. The average molecular weight is 534 g/mol. The van der Waals surface area contributed by atoms with Crippen molar-refractivity contribution in [1.82, 2.24) is 25.2 Å². The highest BCUT2D eigenvalue weighted by Gasteiger charge is 2.33. The Bertz CT molecular complexity index is 1620. The van der Waals surface area contributed by atoms with E-state index in [-0.39, 0.29) is 24.9 Å². The summed E-state index contributed by atoms with van der Waals surface area (Å²) in [6.45, 7) is 2.37. The molecule has 0 saturated carbocycles. The second-order valence-electron chi connectivity index (χ2n) is 9.53. The van der Waals surface area contributed by atoms with Gasteiger partial charge >= 0.3 is 0 Å². The molecule has 5 rings (SSSR count). The Kier molecular flexibility index (Phi) is 8.15. The van der Waals surface area contributed by atoms with Gasteiger partial charge in [-0.1, -0.05) is 90.1 Å². The molecular weight excluding hydrogens is 502 g/mol. The van der Waals surface area contributed by atoms with Crippen LogP contribution in [0.4, 0.5) is 0 Å². The van der Waals surface area contributed by atoms with Crippen LogP contribution in [0.2, 0.25) is 0 Å². The molecule has 40 heavy (non-hydrogen) atoms. The largest absolute Gasteiger partial charge is 0.496 e. The quantitative estimate of drug-likeness (QED) is 0.278. The number of hydrogen-bond donors (Lipinski definition) is 1. The number of aromatic nitrogens is 3. The van der Waals surface area contributed by atoms with Crippen molar-refractivity contribution in [3.05, 3.63) is 125 Å². The first-order valence-electron chi connectivity index (χ1n) is 13.1. The number of hydrogen-bond acceptors (Lipinski definition) is 5. The van der Waals surface area contributed by atoms with Crippen LogP contribution in [-0.2, 0) is 29.2 Å². The highest BCUT2D eigenvalue weighted by Crippen LogP contribution is 2.29. The first kappa shape index (κ1) is 26.6. The van der Waals surface area contributed by atoms with Gasteiger partial charge in [0.25, 0.3) is 0 Å². The fourth-order valence-electron chi connectivity index (χ4n) is 4.82. The average Bonchev–Trinajstić information content (AvgIpc) is 3.40. The Morgan fingerprint density at radius 1 is 0.900 bits per heavy atom. The van der Waals surface area contributed by atoms with Gasteiger partial charge in [-0.2, -0.15) is 0 Å². The lowest BCUT2D eigenvalue weighted by molar-refractivity contribution is -0.142. The van der Waals surface area contributed by atoms with Crippen molar-refractivity contribution >= 4 is 22.8 Å².